The van der Waals surface area contributed by atoms with E-state index in [1.165, 1.54) is 44.1 Å². The van der Waals surface area contributed by atoms with E-state index in [-0.39, 0.29) is 0 Å². The van der Waals surface area contributed by atoms with Gasteiger partial charge >= 0.3 is 0 Å². The third-order valence-corrected chi connectivity index (χ3v) is 7.17. The number of rotatable bonds is 0. The van der Waals surface area contributed by atoms with E-state index >= 15 is 0 Å². The fourth-order valence-corrected chi connectivity index (χ4v) is 5.75. The number of benzene rings is 4. The summed E-state index contributed by atoms with van der Waals surface area (Å²) in [6.45, 7) is 6.59. The Bertz CT molecular complexity index is 1790. The van der Waals surface area contributed by atoms with Crippen LogP contribution in [0.4, 0.5) is 0 Å². The normalized spacial score (nSPS) is 12.6. The van der Waals surface area contributed by atoms with Crippen molar-refractivity contribution in [1.29, 1.82) is 0 Å². The van der Waals surface area contributed by atoms with Crippen LogP contribution >= 0.6 is 0 Å². The van der Waals surface area contributed by atoms with Gasteiger partial charge in [-0.2, -0.15) is 0 Å². The molecule has 6 aromatic rings. The zero-order valence-electron chi connectivity index (χ0n) is 18.5. The monoisotopic (exact) mass is 416 g/mol. The summed E-state index contributed by atoms with van der Waals surface area (Å²) in [5, 5.41) is 7.11. The molecule has 1 aliphatic rings. The van der Waals surface area contributed by atoms with Gasteiger partial charge in [0.05, 0.1) is 5.56 Å². The molecule has 0 atom stereocenters. The maximum atomic E-state index is 6.72. The number of aryl methyl sites for hydroxylation is 4. The molecule has 3 heterocycles. The van der Waals surface area contributed by atoms with Crippen molar-refractivity contribution in [2.45, 2.75) is 20.8 Å². The lowest BCUT2D eigenvalue weighted by Gasteiger charge is -2.23. The van der Waals surface area contributed by atoms with Crippen molar-refractivity contribution in [1.82, 2.24) is 0 Å². The first-order valence-corrected chi connectivity index (χ1v) is 11.0. The van der Waals surface area contributed by atoms with Crippen molar-refractivity contribution in [3.05, 3.63) is 77.5 Å². The maximum absolute atomic E-state index is 6.72. The van der Waals surface area contributed by atoms with E-state index in [1.54, 1.807) is 0 Å². The zero-order valence-corrected chi connectivity index (χ0v) is 18.5. The number of nitrogens with zero attached hydrogens (tertiary/aromatic N) is 1. The highest BCUT2D eigenvalue weighted by molar-refractivity contribution is 6.19. The minimum absolute atomic E-state index is 0.821. The lowest BCUT2D eigenvalue weighted by Crippen LogP contribution is -2.32. The predicted molar refractivity (Wildman–Crippen MR) is 130 cm³/mol. The Morgan fingerprint density at radius 2 is 1.62 bits per heavy atom. The number of aromatic nitrogens is 1. The molecular formula is C29H22NO2+. The molecule has 3 heteroatoms. The molecule has 4 aromatic carbocycles. The first-order chi connectivity index (χ1) is 15.5. The second kappa shape index (κ2) is 5.89. The van der Waals surface area contributed by atoms with Crippen LogP contribution in [0.3, 0.4) is 0 Å². The first kappa shape index (κ1) is 17.8. The van der Waals surface area contributed by atoms with Crippen molar-refractivity contribution in [2.24, 2.45) is 7.05 Å². The van der Waals surface area contributed by atoms with E-state index in [2.05, 4.69) is 81.0 Å². The summed E-state index contributed by atoms with van der Waals surface area (Å²) in [6, 6.07) is 19.1. The van der Waals surface area contributed by atoms with E-state index in [1.807, 2.05) is 12.1 Å². The van der Waals surface area contributed by atoms with Crippen molar-refractivity contribution in [3.63, 3.8) is 0 Å². The average Bonchev–Trinajstić information content (AvgIpc) is 3.18. The molecule has 2 aromatic heterocycles. The Balaban J connectivity index is 1.74. The standard InChI is InChI=1S/C29H22NO2/c1-15-8-7-9-18-14-22-25(17(3)23(15)18)27-26-19(12-13-30(27)4)16(2)24-20-10-5-6-11-21(20)31-28(24)29(26)32-22/h5-14H,1-4H3/q+1. The van der Waals surface area contributed by atoms with Gasteiger partial charge in [-0.1, -0.05) is 36.4 Å². The van der Waals surface area contributed by atoms with Crippen molar-refractivity contribution >= 4 is 43.5 Å². The highest BCUT2D eigenvalue weighted by Gasteiger charge is 2.34. The van der Waals surface area contributed by atoms with Gasteiger partial charge in [0.25, 0.3) is 0 Å². The minimum Gasteiger partial charge on any atom is -0.452 e. The van der Waals surface area contributed by atoms with Crippen LogP contribution in [-0.2, 0) is 7.05 Å². The number of ether oxygens (including phenoxy) is 1. The van der Waals surface area contributed by atoms with Gasteiger partial charge in [-0.25, -0.2) is 4.57 Å². The summed E-state index contributed by atoms with van der Waals surface area (Å²) in [6.07, 6.45) is 2.17. The zero-order chi connectivity index (χ0) is 21.7. The quantitative estimate of drug-likeness (QED) is 0.241. The topological polar surface area (TPSA) is 26.2 Å². The molecule has 0 fully saturated rings. The molecule has 0 spiro atoms. The summed E-state index contributed by atoms with van der Waals surface area (Å²) in [5.74, 6) is 1.71. The van der Waals surface area contributed by atoms with E-state index in [9.17, 15) is 0 Å². The van der Waals surface area contributed by atoms with Gasteiger partial charge in [-0.05, 0) is 60.4 Å². The Kier molecular flexibility index (Phi) is 3.27. The molecule has 0 aliphatic carbocycles. The molecule has 154 valence electrons. The van der Waals surface area contributed by atoms with Gasteiger partial charge in [0.15, 0.2) is 17.5 Å². The molecular weight excluding hydrogens is 394 g/mol. The molecule has 7 rings (SSSR count). The number of pyridine rings is 1. The molecule has 1 aliphatic heterocycles. The van der Waals surface area contributed by atoms with Crippen molar-refractivity contribution < 1.29 is 13.7 Å². The fourth-order valence-electron chi connectivity index (χ4n) is 5.75. The van der Waals surface area contributed by atoms with Crippen LogP contribution in [0.15, 0.2) is 65.2 Å². The minimum atomic E-state index is 0.821. The number of fused-ring (bicyclic) bond motifs is 7. The van der Waals surface area contributed by atoms with Crippen LogP contribution in [0.5, 0.6) is 11.5 Å². The highest BCUT2D eigenvalue weighted by atomic mass is 16.5. The second-order valence-electron chi connectivity index (χ2n) is 8.97. The summed E-state index contributed by atoms with van der Waals surface area (Å²) < 4.78 is 15.4. The van der Waals surface area contributed by atoms with Crippen LogP contribution in [0.2, 0.25) is 0 Å². The van der Waals surface area contributed by atoms with Crippen molar-refractivity contribution in [3.8, 4) is 22.8 Å². The van der Waals surface area contributed by atoms with Crippen LogP contribution in [0.25, 0.3) is 54.7 Å². The SMILES string of the molecule is Cc1cccc2cc3c(c(C)c12)-c1c2c(c4oc5ccccc5c4c(C)c2cc[n+]1C)O3. The molecule has 0 unspecified atom stereocenters. The first-order valence-electron chi connectivity index (χ1n) is 11.0. The molecule has 0 bridgehead atoms. The third-order valence-electron chi connectivity index (χ3n) is 7.17. The largest absolute Gasteiger partial charge is 0.452 e. The lowest BCUT2D eigenvalue weighted by atomic mass is 9.89. The Hall–Kier alpha value is -3.85. The maximum Gasteiger partial charge on any atom is 0.228 e. The fraction of sp³-hybridized carbons (Fsp3) is 0.138. The van der Waals surface area contributed by atoms with Crippen molar-refractivity contribution in [2.75, 3.05) is 0 Å². The van der Waals surface area contributed by atoms with Gasteiger partial charge in [0.1, 0.15) is 23.8 Å². The van der Waals surface area contributed by atoms with E-state index in [0.717, 1.165) is 38.8 Å². The van der Waals surface area contributed by atoms with Gasteiger partial charge < -0.3 is 9.15 Å². The number of para-hydroxylation sites is 1. The van der Waals surface area contributed by atoms with E-state index in [0.29, 0.717) is 0 Å². The Morgan fingerprint density at radius 1 is 0.781 bits per heavy atom. The summed E-state index contributed by atoms with van der Waals surface area (Å²) in [5.41, 5.74) is 7.85. The molecule has 0 N–H and O–H groups in total. The summed E-state index contributed by atoms with van der Waals surface area (Å²) in [4.78, 5) is 0. The highest BCUT2D eigenvalue weighted by Crippen LogP contribution is 2.53. The van der Waals surface area contributed by atoms with E-state index in [4.69, 9.17) is 9.15 Å². The summed E-state index contributed by atoms with van der Waals surface area (Å²) >= 11 is 0. The Morgan fingerprint density at radius 3 is 2.50 bits per heavy atom. The molecule has 0 radical (unpaired) electrons. The molecule has 3 nitrogen and oxygen atoms in total. The lowest BCUT2D eigenvalue weighted by molar-refractivity contribution is -0.659. The number of hydrogen-bond acceptors (Lipinski definition) is 2. The predicted octanol–water partition coefficient (Wildman–Crippen LogP) is 7.41. The van der Waals surface area contributed by atoms with Crippen LogP contribution in [0.1, 0.15) is 16.7 Å². The molecule has 0 saturated carbocycles. The summed E-state index contributed by atoms with van der Waals surface area (Å²) in [7, 11) is 2.12. The average molecular weight is 417 g/mol. The molecule has 0 saturated heterocycles. The number of furan rings is 1. The smallest absolute Gasteiger partial charge is 0.228 e. The van der Waals surface area contributed by atoms with Gasteiger partial charge in [0, 0.05) is 22.2 Å². The Labute approximate surface area is 185 Å². The van der Waals surface area contributed by atoms with Gasteiger partial charge in [-0.3, -0.25) is 0 Å². The molecule has 32 heavy (non-hydrogen) atoms. The second-order valence-corrected chi connectivity index (χ2v) is 8.97. The van der Waals surface area contributed by atoms with Crippen LogP contribution in [0, 0.1) is 20.8 Å². The van der Waals surface area contributed by atoms with Gasteiger partial charge in [-0.15, -0.1) is 0 Å². The molecule has 0 amide bonds. The van der Waals surface area contributed by atoms with Crippen LogP contribution in [-0.4, -0.2) is 0 Å². The number of hydrogen-bond donors (Lipinski definition) is 0. The van der Waals surface area contributed by atoms with E-state index < -0.39 is 0 Å². The third kappa shape index (κ3) is 2.04. The van der Waals surface area contributed by atoms with Gasteiger partial charge in [0.2, 0.25) is 5.69 Å². The van der Waals surface area contributed by atoms with Crippen LogP contribution < -0.4 is 9.30 Å².